The number of rotatable bonds is 5. The van der Waals surface area contributed by atoms with Crippen LogP contribution in [0.3, 0.4) is 0 Å². The van der Waals surface area contributed by atoms with Gasteiger partial charge in [-0.2, -0.15) is 0 Å². The number of urea groups is 1. The molecule has 0 radical (unpaired) electrons. The fourth-order valence-corrected chi connectivity index (χ4v) is 3.79. The number of ether oxygens (including phenoxy) is 2. The van der Waals surface area contributed by atoms with E-state index in [0.717, 1.165) is 25.1 Å². The summed E-state index contributed by atoms with van der Waals surface area (Å²) in [4.78, 5) is 27.2. The Morgan fingerprint density at radius 1 is 1.26 bits per heavy atom. The lowest BCUT2D eigenvalue weighted by molar-refractivity contribution is -0.136. The van der Waals surface area contributed by atoms with Crippen molar-refractivity contribution < 1.29 is 19.1 Å². The van der Waals surface area contributed by atoms with E-state index in [9.17, 15) is 9.59 Å². The number of carbonyl (C=O) groups is 2. The van der Waals surface area contributed by atoms with E-state index < -0.39 is 12.0 Å². The maximum Gasteiger partial charge on any atom is 0.338 e. The molecule has 1 aromatic rings. The van der Waals surface area contributed by atoms with Gasteiger partial charge in [0.1, 0.15) is 5.75 Å². The van der Waals surface area contributed by atoms with Crippen LogP contribution in [-0.2, 0) is 9.53 Å². The van der Waals surface area contributed by atoms with Crippen LogP contribution in [0, 0.1) is 5.92 Å². The standard InChI is InChI=1S/C20H27N3O4/c1-13-5-4-10-23(11-13)12-16-17(19(24)27-3)18(22-20(25)21-16)14-6-8-15(26-2)9-7-14/h6-9,13,18H,4-5,10-12H2,1-3H3,(H2,21,22,25)/t13-,18-/m1/s1. The summed E-state index contributed by atoms with van der Waals surface area (Å²) in [5.74, 6) is 0.879. The van der Waals surface area contributed by atoms with Crippen LogP contribution in [0.5, 0.6) is 5.75 Å². The molecule has 7 nitrogen and oxygen atoms in total. The van der Waals surface area contributed by atoms with E-state index in [2.05, 4.69) is 22.5 Å². The number of hydrogen-bond acceptors (Lipinski definition) is 5. The van der Waals surface area contributed by atoms with E-state index >= 15 is 0 Å². The third-order valence-electron chi connectivity index (χ3n) is 5.13. The topological polar surface area (TPSA) is 79.9 Å². The molecule has 27 heavy (non-hydrogen) atoms. The quantitative estimate of drug-likeness (QED) is 0.774. The molecule has 2 atom stereocenters. The van der Waals surface area contributed by atoms with Crippen molar-refractivity contribution in [1.29, 1.82) is 0 Å². The summed E-state index contributed by atoms with van der Waals surface area (Å²) < 4.78 is 10.2. The van der Waals surface area contributed by atoms with Crippen molar-refractivity contribution in [2.24, 2.45) is 5.92 Å². The molecule has 2 N–H and O–H groups in total. The lowest BCUT2D eigenvalue weighted by atomic mass is 9.94. The fraction of sp³-hybridized carbons (Fsp3) is 0.500. The summed E-state index contributed by atoms with van der Waals surface area (Å²) in [6, 6.07) is 6.43. The highest BCUT2D eigenvalue weighted by atomic mass is 16.5. The number of piperidine rings is 1. The molecule has 146 valence electrons. The fourth-order valence-electron chi connectivity index (χ4n) is 3.79. The molecule has 0 aliphatic carbocycles. The Labute approximate surface area is 159 Å². The minimum absolute atomic E-state index is 0.316. The smallest absolute Gasteiger partial charge is 0.338 e. The predicted molar refractivity (Wildman–Crippen MR) is 101 cm³/mol. The highest BCUT2D eigenvalue weighted by molar-refractivity contribution is 5.95. The third-order valence-corrected chi connectivity index (χ3v) is 5.13. The first-order valence-corrected chi connectivity index (χ1v) is 9.27. The highest BCUT2D eigenvalue weighted by Crippen LogP contribution is 2.29. The molecule has 7 heteroatoms. The van der Waals surface area contributed by atoms with Crippen molar-refractivity contribution in [2.75, 3.05) is 33.9 Å². The molecule has 2 amide bonds. The van der Waals surface area contributed by atoms with Crippen LogP contribution >= 0.6 is 0 Å². The Balaban J connectivity index is 1.94. The van der Waals surface area contributed by atoms with Gasteiger partial charge < -0.3 is 20.1 Å². The largest absolute Gasteiger partial charge is 0.497 e. The number of methoxy groups -OCH3 is 2. The summed E-state index contributed by atoms with van der Waals surface area (Å²) in [6.45, 7) is 4.66. The molecule has 0 spiro atoms. The molecule has 0 unspecified atom stereocenters. The Bertz CT molecular complexity index is 729. The second kappa shape index (κ2) is 8.43. The lowest BCUT2D eigenvalue weighted by Crippen LogP contribution is -2.49. The Hall–Kier alpha value is -2.54. The second-order valence-corrected chi connectivity index (χ2v) is 7.17. The Morgan fingerprint density at radius 3 is 2.63 bits per heavy atom. The van der Waals surface area contributed by atoms with E-state index in [-0.39, 0.29) is 6.03 Å². The van der Waals surface area contributed by atoms with Crippen LogP contribution in [0.2, 0.25) is 0 Å². The van der Waals surface area contributed by atoms with Crippen LogP contribution in [0.4, 0.5) is 4.79 Å². The van der Waals surface area contributed by atoms with Gasteiger partial charge >= 0.3 is 12.0 Å². The molecule has 1 saturated heterocycles. The van der Waals surface area contributed by atoms with E-state index in [1.54, 1.807) is 7.11 Å². The van der Waals surface area contributed by atoms with Crippen LogP contribution < -0.4 is 15.4 Å². The minimum Gasteiger partial charge on any atom is -0.497 e. The third kappa shape index (κ3) is 4.42. The average Bonchev–Trinajstić information content (AvgIpc) is 2.67. The zero-order valence-corrected chi connectivity index (χ0v) is 16.1. The summed E-state index contributed by atoms with van der Waals surface area (Å²) in [6.07, 6.45) is 2.33. The van der Waals surface area contributed by atoms with Crippen molar-refractivity contribution in [3.63, 3.8) is 0 Å². The molecular formula is C20H27N3O4. The van der Waals surface area contributed by atoms with Gasteiger partial charge in [0.15, 0.2) is 0 Å². The molecule has 3 rings (SSSR count). The maximum absolute atomic E-state index is 12.6. The van der Waals surface area contributed by atoms with Crippen molar-refractivity contribution in [3.8, 4) is 5.75 Å². The van der Waals surface area contributed by atoms with Crippen molar-refractivity contribution >= 4 is 12.0 Å². The molecule has 1 aromatic carbocycles. The Morgan fingerprint density at radius 2 is 2.00 bits per heavy atom. The SMILES string of the molecule is COC(=O)C1=C(CN2CCC[C@@H](C)C2)NC(=O)N[C@@H]1c1ccc(OC)cc1. The Kier molecular flexibility index (Phi) is 6.01. The summed E-state index contributed by atoms with van der Waals surface area (Å²) >= 11 is 0. The van der Waals surface area contributed by atoms with Crippen molar-refractivity contribution in [1.82, 2.24) is 15.5 Å². The van der Waals surface area contributed by atoms with Gasteiger partial charge in [-0.1, -0.05) is 19.1 Å². The molecular weight excluding hydrogens is 346 g/mol. The normalized spacial score (nSPS) is 23.4. The van der Waals surface area contributed by atoms with E-state index in [4.69, 9.17) is 9.47 Å². The van der Waals surface area contributed by atoms with Gasteiger partial charge in [0, 0.05) is 18.8 Å². The predicted octanol–water partition coefficient (Wildman–Crippen LogP) is 2.21. The van der Waals surface area contributed by atoms with E-state index in [1.807, 2.05) is 24.3 Å². The van der Waals surface area contributed by atoms with Gasteiger partial charge in [0.25, 0.3) is 0 Å². The monoisotopic (exact) mass is 373 g/mol. The molecule has 1 fully saturated rings. The minimum atomic E-state index is -0.561. The van der Waals surface area contributed by atoms with Crippen LogP contribution in [0.1, 0.15) is 31.4 Å². The number of amides is 2. The second-order valence-electron chi connectivity index (χ2n) is 7.17. The van der Waals surface area contributed by atoms with Gasteiger partial charge in [0.05, 0.1) is 25.8 Å². The number of esters is 1. The van der Waals surface area contributed by atoms with Gasteiger partial charge in [-0.3, -0.25) is 4.90 Å². The highest BCUT2D eigenvalue weighted by Gasteiger charge is 2.34. The molecule has 0 saturated carbocycles. The molecule has 2 aliphatic rings. The molecule has 0 bridgehead atoms. The van der Waals surface area contributed by atoms with Crippen molar-refractivity contribution in [2.45, 2.75) is 25.8 Å². The number of likely N-dealkylation sites (tertiary alicyclic amines) is 1. The molecule has 2 heterocycles. The number of benzene rings is 1. The summed E-state index contributed by atoms with van der Waals surface area (Å²) in [7, 11) is 2.95. The first-order valence-electron chi connectivity index (χ1n) is 9.27. The zero-order chi connectivity index (χ0) is 19.4. The van der Waals surface area contributed by atoms with Crippen LogP contribution in [-0.4, -0.2) is 50.8 Å². The first-order chi connectivity index (χ1) is 13.0. The number of nitrogens with zero attached hydrogens (tertiary/aromatic N) is 1. The zero-order valence-electron chi connectivity index (χ0n) is 16.1. The molecule has 2 aliphatic heterocycles. The van der Waals surface area contributed by atoms with Gasteiger partial charge in [-0.05, 0) is 43.0 Å². The lowest BCUT2D eigenvalue weighted by Gasteiger charge is -2.35. The van der Waals surface area contributed by atoms with Gasteiger partial charge in [0.2, 0.25) is 0 Å². The van der Waals surface area contributed by atoms with E-state index in [1.165, 1.54) is 13.5 Å². The maximum atomic E-state index is 12.6. The van der Waals surface area contributed by atoms with Crippen LogP contribution in [0.25, 0.3) is 0 Å². The summed E-state index contributed by atoms with van der Waals surface area (Å²) in [5.41, 5.74) is 1.86. The van der Waals surface area contributed by atoms with Crippen molar-refractivity contribution in [3.05, 3.63) is 41.1 Å². The average molecular weight is 373 g/mol. The van der Waals surface area contributed by atoms with Gasteiger partial charge in [-0.25, -0.2) is 9.59 Å². The first kappa shape index (κ1) is 19.2. The van der Waals surface area contributed by atoms with Gasteiger partial charge in [-0.15, -0.1) is 0 Å². The number of nitrogens with one attached hydrogen (secondary N) is 2. The molecule has 0 aromatic heterocycles. The number of carbonyl (C=O) groups excluding carboxylic acids is 2. The van der Waals surface area contributed by atoms with E-state index in [0.29, 0.717) is 29.5 Å². The van der Waals surface area contributed by atoms with Crippen LogP contribution in [0.15, 0.2) is 35.5 Å². The number of hydrogen-bond donors (Lipinski definition) is 2. The summed E-state index contributed by atoms with van der Waals surface area (Å²) in [5, 5.41) is 5.67.